The molecular weight excluding hydrogens is 318 g/mol. The number of hydrogen-bond acceptors (Lipinski definition) is 5. The fourth-order valence-electron chi connectivity index (χ4n) is 2.30. The Kier molecular flexibility index (Phi) is 7.22. The van der Waals surface area contributed by atoms with Crippen molar-refractivity contribution in [2.75, 3.05) is 23.8 Å². The number of carbonyl (C=O) groups excluding carboxylic acids is 1. The topological polar surface area (TPSA) is 83.5 Å². The van der Waals surface area contributed by atoms with E-state index >= 15 is 0 Å². The molecule has 25 heavy (non-hydrogen) atoms. The van der Waals surface area contributed by atoms with E-state index in [4.69, 9.17) is 4.74 Å². The molecule has 2 rings (SSSR count). The van der Waals surface area contributed by atoms with Crippen molar-refractivity contribution in [3.63, 3.8) is 0 Å². The van der Waals surface area contributed by atoms with Gasteiger partial charge in [-0.2, -0.15) is 0 Å². The van der Waals surface area contributed by atoms with Crippen molar-refractivity contribution in [2.45, 2.75) is 32.7 Å². The fourth-order valence-corrected chi connectivity index (χ4v) is 2.30. The number of aliphatic hydroxyl groups is 1. The number of ether oxygens (including phenoxy) is 1. The van der Waals surface area contributed by atoms with Gasteiger partial charge in [-0.05, 0) is 43.2 Å². The molecule has 0 aliphatic heterocycles. The number of hydrogen-bond donors (Lipinski definition) is 3. The van der Waals surface area contributed by atoms with Gasteiger partial charge in [-0.1, -0.05) is 19.1 Å². The van der Waals surface area contributed by atoms with Crippen LogP contribution in [0.3, 0.4) is 0 Å². The predicted molar refractivity (Wildman–Crippen MR) is 99.0 cm³/mol. The third kappa shape index (κ3) is 6.08. The molecule has 134 valence electrons. The van der Waals surface area contributed by atoms with E-state index in [-0.39, 0.29) is 25.0 Å². The molecule has 1 aromatic carbocycles. The molecule has 0 radical (unpaired) electrons. The minimum absolute atomic E-state index is 0.0207. The van der Waals surface area contributed by atoms with Gasteiger partial charge in [0.1, 0.15) is 11.6 Å². The molecule has 2 aromatic rings. The first-order valence-corrected chi connectivity index (χ1v) is 8.49. The Morgan fingerprint density at radius 1 is 1.20 bits per heavy atom. The molecule has 6 heteroatoms. The third-order valence-corrected chi connectivity index (χ3v) is 3.71. The minimum atomic E-state index is -0.103. The second kappa shape index (κ2) is 9.64. The summed E-state index contributed by atoms with van der Waals surface area (Å²) in [6.07, 6.45) is 2.69. The summed E-state index contributed by atoms with van der Waals surface area (Å²) in [4.78, 5) is 16.4. The van der Waals surface area contributed by atoms with Crippen LogP contribution in [0.5, 0.6) is 5.75 Å². The summed E-state index contributed by atoms with van der Waals surface area (Å²) >= 11 is 0. The number of aliphatic hydroxyl groups excluding tert-OH is 1. The Balaban J connectivity index is 1.87. The van der Waals surface area contributed by atoms with Gasteiger partial charge >= 0.3 is 0 Å². The summed E-state index contributed by atoms with van der Waals surface area (Å²) in [6, 6.07) is 11.0. The van der Waals surface area contributed by atoms with Gasteiger partial charge in [-0.25, -0.2) is 4.98 Å². The van der Waals surface area contributed by atoms with E-state index < -0.39 is 0 Å². The number of anilines is 2. The fraction of sp³-hybridized carbons (Fsp3) is 0.368. The maximum absolute atomic E-state index is 12.1. The first-order chi connectivity index (χ1) is 12.1. The van der Waals surface area contributed by atoms with Crippen LogP contribution in [-0.2, 0) is 11.2 Å². The summed E-state index contributed by atoms with van der Waals surface area (Å²) in [6.45, 7) is 4.60. The van der Waals surface area contributed by atoms with Crippen molar-refractivity contribution in [3.8, 4) is 5.75 Å². The van der Waals surface area contributed by atoms with Crippen molar-refractivity contribution < 1.29 is 14.6 Å². The first kappa shape index (κ1) is 18.7. The van der Waals surface area contributed by atoms with Crippen molar-refractivity contribution in [3.05, 3.63) is 48.2 Å². The number of carbonyl (C=O) groups is 1. The molecule has 1 amide bonds. The van der Waals surface area contributed by atoms with Gasteiger partial charge in [0.05, 0.1) is 37.6 Å². The largest absolute Gasteiger partial charge is 0.494 e. The summed E-state index contributed by atoms with van der Waals surface area (Å²) < 4.78 is 5.39. The molecule has 1 aromatic heterocycles. The lowest BCUT2D eigenvalue weighted by Crippen LogP contribution is -2.23. The summed E-state index contributed by atoms with van der Waals surface area (Å²) in [5, 5.41) is 15.2. The van der Waals surface area contributed by atoms with E-state index in [1.807, 2.05) is 38.1 Å². The zero-order valence-corrected chi connectivity index (χ0v) is 14.7. The summed E-state index contributed by atoms with van der Waals surface area (Å²) in [5.41, 5.74) is 1.56. The van der Waals surface area contributed by atoms with Crippen LogP contribution in [0.25, 0.3) is 0 Å². The molecule has 1 atom stereocenters. The van der Waals surface area contributed by atoms with Crippen LogP contribution < -0.4 is 15.4 Å². The van der Waals surface area contributed by atoms with Crippen molar-refractivity contribution in [1.29, 1.82) is 0 Å². The minimum Gasteiger partial charge on any atom is -0.494 e. The van der Waals surface area contributed by atoms with Crippen LogP contribution in [0.4, 0.5) is 11.5 Å². The number of aromatic nitrogens is 1. The van der Waals surface area contributed by atoms with Crippen LogP contribution in [0.15, 0.2) is 42.6 Å². The van der Waals surface area contributed by atoms with Gasteiger partial charge in [0.2, 0.25) is 5.91 Å². The maximum Gasteiger partial charge on any atom is 0.228 e. The van der Waals surface area contributed by atoms with E-state index in [9.17, 15) is 9.90 Å². The standard InChI is InChI=1S/C19H25N3O3/c1-3-15(13-23)21-18-10-7-16(12-20-18)22-19(24)11-14-5-8-17(9-6-14)25-4-2/h5-10,12,15,23H,3-4,11,13H2,1-2H3,(H,20,21)(H,22,24). The van der Waals surface area contributed by atoms with Crippen LogP contribution in [0, 0.1) is 0 Å². The van der Waals surface area contributed by atoms with Crippen LogP contribution in [-0.4, -0.2) is 35.3 Å². The van der Waals surface area contributed by atoms with E-state index in [0.717, 1.165) is 17.7 Å². The van der Waals surface area contributed by atoms with Gasteiger partial charge in [0.15, 0.2) is 0 Å². The average molecular weight is 343 g/mol. The zero-order chi connectivity index (χ0) is 18.1. The highest BCUT2D eigenvalue weighted by Crippen LogP contribution is 2.14. The Labute approximate surface area is 148 Å². The van der Waals surface area contributed by atoms with Crippen LogP contribution in [0.1, 0.15) is 25.8 Å². The summed E-state index contributed by atoms with van der Waals surface area (Å²) in [7, 11) is 0. The highest BCUT2D eigenvalue weighted by Gasteiger charge is 2.07. The maximum atomic E-state index is 12.1. The smallest absolute Gasteiger partial charge is 0.228 e. The molecule has 1 heterocycles. The van der Waals surface area contributed by atoms with Crippen molar-refractivity contribution in [2.24, 2.45) is 0 Å². The molecule has 3 N–H and O–H groups in total. The van der Waals surface area contributed by atoms with E-state index in [2.05, 4.69) is 15.6 Å². The van der Waals surface area contributed by atoms with Gasteiger partial charge < -0.3 is 20.5 Å². The molecule has 0 saturated heterocycles. The van der Waals surface area contributed by atoms with Crippen molar-refractivity contribution >= 4 is 17.4 Å². The Hall–Kier alpha value is -2.60. The Morgan fingerprint density at radius 2 is 1.96 bits per heavy atom. The third-order valence-electron chi connectivity index (χ3n) is 3.71. The lowest BCUT2D eigenvalue weighted by molar-refractivity contribution is -0.115. The second-order valence-electron chi connectivity index (χ2n) is 5.67. The number of benzene rings is 1. The SMILES string of the molecule is CCOc1ccc(CC(=O)Nc2ccc(NC(CC)CO)nc2)cc1. The van der Waals surface area contributed by atoms with E-state index in [1.165, 1.54) is 0 Å². The van der Waals surface area contributed by atoms with Gasteiger partial charge in [-0.3, -0.25) is 4.79 Å². The number of pyridine rings is 1. The number of amides is 1. The quantitative estimate of drug-likeness (QED) is 0.652. The molecule has 0 saturated carbocycles. The second-order valence-corrected chi connectivity index (χ2v) is 5.67. The molecule has 0 fully saturated rings. The first-order valence-electron chi connectivity index (χ1n) is 8.49. The Bertz CT molecular complexity index is 653. The molecule has 6 nitrogen and oxygen atoms in total. The average Bonchev–Trinajstić information content (AvgIpc) is 2.63. The molecule has 0 aliphatic rings. The lowest BCUT2D eigenvalue weighted by Gasteiger charge is -2.14. The molecule has 0 spiro atoms. The van der Waals surface area contributed by atoms with Crippen LogP contribution in [0.2, 0.25) is 0 Å². The zero-order valence-electron chi connectivity index (χ0n) is 14.7. The van der Waals surface area contributed by atoms with Gasteiger partial charge in [-0.15, -0.1) is 0 Å². The van der Waals surface area contributed by atoms with E-state index in [0.29, 0.717) is 18.1 Å². The molecular formula is C19H25N3O3. The monoisotopic (exact) mass is 343 g/mol. The lowest BCUT2D eigenvalue weighted by atomic mass is 10.1. The molecule has 0 bridgehead atoms. The van der Waals surface area contributed by atoms with Crippen LogP contribution >= 0.6 is 0 Å². The number of nitrogens with zero attached hydrogens (tertiary/aromatic N) is 1. The highest BCUT2D eigenvalue weighted by molar-refractivity contribution is 5.92. The van der Waals surface area contributed by atoms with E-state index in [1.54, 1.807) is 18.3 Å². The normalized spacial score (nSPS) is 11.6. The number of nitrogens with one attached hydrogen (secondary N) is 2. The molecule has 0 aliphatic carbocycles. The highest BCUT2D eigenvalue weighted by atomic mass is 16.5. The summed E-state index contributed by atoms with van der Waals surface area (Å²) in [5.74, 6) is 1.37. The predicted octanol–water partition coefficient (Wildman–Crippen LogP) is 2.84. The van der Waals surface area contributed by atoms with Crippen molar-refractivity contribution in [1.82, 2.24) is 4.98 Å². The number of rotatable bonds is 9. The Morgan fingerprint density at radius 3 is 2.52 bits per heavy atom. The van der Waals surface area contributed by atoms with Gasteiger partial charge in [0, 0.05) is 0 Å². The van der Waals surface area contributed by atoms with Gasteiger partial charge in [0.25, 0.3) is 0 Å². The molecule has 1 unspecified atom stereocenters.